The molecular weight excluding hydrogens is 230 g/mol. The first kappa shape index (κ1) is 12.8. The second-order valence-corrected chi connectivity index (χ2v) is 4.47. The van der Waals surface area contributed by atoms with Crippen LogP contribution in [-0.2, 0) is 4.74 Å². The minimum atomic E-state index is -0.219. The van der Waals surface area contributed by atoms with Gasteiger partial charge >= 0.3 is 0 Å². The predicted octanol–water partition coefficient (Wildman–Crippen LogP) is 1.35. The van der Waals surface area contributed by atoms with Gasteiger partial charge in [-0.1, -0.05) is 0 Å². The second kappa shape index (κ2) is 6.35. The number of nitrogens with zero attached hydrogens (tertiary/aromatic N) is 1. The van der Waals surface area contributed by atoms with Crippen LogP contribution in [0.3, 0.4) is 0 Å². The van der Waals surface area contributed by atoms with Crippen molar-refractivity contribution in [2.75, 3.05) is 18.9 Å². The van der Waals surface area contributed by atoms with Gasteiger partial charge < -0.3 is 15.8 Å². The average Bonchev–Trinajstić information content (AvgIpc) is 2.40. The molecule has 2 heterocycles. The Morgan fingerprint density at radius 1 is 1.56 bits per heavy atom. The quantitative estimate of drug-likeness (QED) is 0.844. The van der Waals surface area contributed by atoms with E-state index in [0.29, 0.717) is 17.9 Å². The van der Waals surface area contributed by atoms with Crippen molar-refractivity contribution in [2.45, 2.75) is 31.8 Å². The molecule has 1 aliphatic heterocycles. The molecule has 98 valence electrons. The number of pyridine rings is 1. The van der Waals surface area contributed by atoms with Gasteiger partial charge in [-0.3, -0.25) is 4.79 Å². The Balaban J connectivity index is 1.76. The fourth-order valence-electron chi connectivity index (χ4n) is 2.07. The first-order valence-corrected chi connectivity index (χ1v) is 6.37. The molecule has 1 saturated heterocycles. The molecule has 0 saturated carbocycles. The first-order valence-electron chi connectivity index (χ1n) is 6.37. The Labute approximate surface area is 107 Å². The molecule has 5 heteroatoms. The van der Waals surface area contributed by atoms with Gasteiger partial charge in [0.05, 0.1) is 11.8 Å². The molecule has 1 fully saturated rings. The minimum Gasteiger partial charge on any atom is -0.397 e. The van der Waals surface area contributed by atoms with Gasteiger partial charge in [-0.05, 0) is 37.8 Å². The van der Waals surface area contributed by atoms with Crippen LogP contribution in [0.5, 0.6) is 0 Å². The molecule has 1 amide bonds. The van der Waals surface area contributed by atoms with Gasteiger partial charge in [0.2, 0.25) is 0 Å². The van der Waals surface area contributed by atoms with Crippen molar-refractivity contribution in [3.05, 3.63) is 24.0 Å². The van der Waals surface area contributed by atoms with Crippen LogP contribution in [0.4, 0.5) is 5.69 Å². The number of carbonyl (C=O) groups excluding carboxylic acids is 1. The highest BCUT2D eigenvalue weighted by atomic mass is 16.5. The number of hydrogen-bond donors (Lipinski definition) is 2. The molecule has 0 aromatic carbocycles. The zero-order valence-corrected chi connectivity index (χ0v) is 10.4. The molecule has 5 nitrogen and oxygen atoms in total. The number of anilines is 1. The van der Waals surface area contributed by atoms with E-state index in [9.17, 15) is 4.79 Å². The van der Waals surface area contributed by atoms with Gasteiger partial charge in [-0.2, -0.15) is 0 Å². The molecule has 18 heavy (non-hydrogen) atoms. The lowest BCUT2D eigenvalue weighted by atomic mass is 10.1. The Kier molecular flexibility index (Phi) is 4.52. The third-order valence-corrected chi connectivity index (χ3v) is 3.08. The van der Waals surface area contributed by atoms with Crippen molar-refractivity contribution in [2.24, 2.45) is 0 Å². The first-order chi connectivity index (χ1) is 8.77. The number of hydrogen-bond acceptors (Lipinski definition) is 4. The molecule has 1 aromatic rings. The van der Waals surface area contributed by atoms with Crippen molar-refractivity contribution < 1.29 is 9.53 Å². The topological polar surface area (TPSA) is 77.2 Å². The van der Waals surface area contributed by atoms with Crippen LogP contribution in [0.25, 0.3) is 0 Å². The number of nitrogens with one attached hydrogen (secondary N) is 1. The molecule has 1 aliphatic rings. The van der Waals surface area contributed by atoms with E-state index in [1.54, 1.807) is 18.3 Å². The molecule has 0 spiro atoms. The van der Waals surface area contributed by atoms with Crippen LogP contribution in [-0.4, -0.2) is 30.1 Å². The standard InChI is InChI=1S/C13H19N3O2/c14-11-5-3-7-15-12(11)13(17)16-8-6-10-4-1-2-9-18-10/h3,5,7,10H,1-2,4,6,8-9,14H2,(H,16,17). The van der Waals surface area contributed by atoms with Crippen molar-refractivity contribution >= 4 is 11.6 Å². The van der Waals surface area contributed by atoms with E-state index >= 15 is 0 Å². The second-order valence-electron chi connectivity index (χ2n) is 4.47. The van der Waals surface area contributed by atoms with Crippen molar-refractivity contribution in [1.82, 2.24) is 10.3 Å². The summed E-state index contributed by atoms with van der Waals surface area (Å²) in [4.78, 5) is 15.8. The van der Waals surface area contributed by atoms with Gasteiger partial charge in [0, 0.05) is 19.3 Å². The number of ether oxygens (including phenoxy) is 1. The number of nitrogen functional groups attached to an aromatic ring is 1. The van der Waals surface area contributed by atoms with Gasteiger partial charge in [0.15, 0.2) is 5.69 Å². The van der Waals surface area contributed by atoms with Crippen LogP contribution < -0.4 is 11.1 Å². The van der Waals surface area contributed by atoms with Crippen LogP contribution in [0, 0.1) is 0 Å². The van der Waals surface area contributed by atoms with E-state index in [4.69, 9.17) is 10.5 Å². The normalized spacial score (nSPS) is 19.4. The summed E-state index contributed by atoms with van der Waals surface area (Å²) in [5.74, 6) is -0.219. The maximum atomic E-state index is 11.8. The Morgan fingerprint density at radius 2 is 2.44 bits per heavy atom. The van der Waals surface area contributed by atoms with Crippen molar-refractivity contribution in [3.8, 4) is 0 Å². The monoisotopic (exact) mass is 249 g/mol. The van der Waals surface area contributed by atoms with Crippen molar-refractivity contribution in [3.63, 3.8) is 0 Å². The molecule has 3 N–H and O–H groups in total. The highest BCUT2D eigenvalue weighted by Crippen LogP contribution is 2.15. The summed E-state index contributed by atoms with van der Waals surface area (Å²) in [6.07, 6.45) is 6.13. The molecular formula is C13H19N3O2. The Bertz CT molecular complexity index is 403. The molecule has 1 unspecified atom stereocenters. The van der Waals surface area contributed by atoms with Crippen LogP contribution in [0.1, 0.15) is 36.2 Å². The average molecular weight is 249 g/mol. The van der Waals surface area contributed by atoms with E-state index in [-0.39, 0.29) is 12.0 Å². The molecule has 2 rings (SSSR count). The zero-order chi connectivity index (χ0) is 12.8. The SMILES string of the molecule is Nc1cccnc1C(=O)NCCC1CCCCO1. The smallest absolute Gasteiger partial charge is 0.272 e. The highest BCUT2D eigenvalue weighted by molar-refractivity contribution is 5.96. The van der Waals surface area contributed by atoms with Gasteiger partial charge in [-0.25, -0.2) is 4.98 Å². The summed E-state index contributed by atoms with van der Waals surface area (Å²) in [5.41, 5.74) is 6.39. The third-order valence-electron chi connectivity index (χ3n) is 3.08. The minimum absolute atomic E-state index is 0.219. The summed E-state index contributed by atoms with van der Waals surface area (Å²) < 4.78 is 5.60. The summed E-state index contributed by atoms with van der Waals surface area (Å²) >= 11 is 0. The maximum Gasteiger partial charge on any atom is 0.272 e. The maximum absolute atomic E-state index is 11.8. The van der Waals surface area contributed by atoms with E-state index in [0.717, 1.165) is 25.9 Å². The number of amides is 1. The summed E-state index contributed by atoms with van der Waals surface area (Å²) in [7, 11) is 0. The lowest BCUT2D eigenvalue weighted by Crippen LogP contribution is -2.30. The van der Waals surface area contributed by atoms with Crippen LogP contribution in [0.15, 0.2) is 18.3 Å². The van der Waals surface area contributed by atoms with E-state index < -0.39 is 0 Å². The largest absolute Gasteiger partial charge is 0.397 e. The fourth-order valence-corrected chi connectivity index (χ4v) is 2.07. The number of rotatable bonds is 4. The van der Waals surface area contributed by atoms with Gasteiger partial charge in [-0.15, -0.1) is 0 Å². The zero-order valence-electron chi connectivity index (χ0n) is 10.4. The lowest BCUT2D eigenvalue weighted by molar-refractivity contribution is 0.0117. The summed E-state index contributed by atoms with van der Waals surface area (Å²) in [6, 6.07) is 3.38. The molecule has 0 bridgehead atoms. The molecule has 0 aliphatic carbocycles. The fraction of sp³-hybridized carbons (Fsp3) is 0.538. The molecule has 1 atom stereocenters. The third kappa shape index (κ3) is 3.43. The number of carbonyl (C=O) groups is 1. The van der Waals surface area contributed by atoms with Crippen LogP contribution in [0.2, 0.25) is 0 Å². The van der Waals surface area contributed by atoms with Crippen LogP contribution >= 0.6 is 0 Å². The van der Waals surface area contributed by atoms with Gasteiger partial charge in [0.1, 0.15) is 0 Å². The van der Waals surface area contributed by atoms with Gasteiger partial charge in [0.25, 0.3) is 5.91 Å². The summed E-state index contributed by atoms with van der Waals surface area (Å²) in [5, 5.41) is 2.83. The highest BCUT2D eigenvalue weighted by Gasteiger charge is 2.15. The predicted molar refractivity (Wildman–Crippen MR) is 69.2 cm³/mol. The van der Waals surface area contributed by atoms with E-state index in [1.165, 1.54) is 6.42 Å². The molecule has 0 radical (unpaired) electrons. The van der Waals surface area contributed by atoms with Crippen molar-refractivity contribution in [1.29, 1.82) is 0 Å². The Morgan fingerprint density at radius 3 is 3.17 bits per heavy atom. The summed E-state index contributed by atoms with van der Waals surface area (Å²) in [6.45, 7) is 1.44. The Hall–Kier alpha value is -1.62. The number of aromatic nitrogens is 1. The van der Waals surface area contributed by atoms with E-state index in [1.807, 2.05) is 0 Å². The lowest BCUT2D eigenvalue weighted by Gasteiger charge is -2.22. The van der Waals surface area contributed by atoms with E-state index in [2.05, 4.69) is 10.3 Å². The number of nitrogens with two attached hydrogens (primary N) is 1. The molecule has 1 aromatic heterocycles.